The van der Waals surface area contributed by atoms with Crippen molar-refractivity contribution in [1.29, 1.82) is 0 Å². The molecule has 119 heavy (non-hydrogen) atoms. The van der Waals surface area contributed by atoms with Crippen LogP contribution in [0.25, 0.3) is 20.9 Å². The van der Waals surface area contributed by atoms with Gasteiger partial charge in [0.1, 0.15) is 0 Å². The molecule has 0 fully saturated rings. The summed E-state index contributed by atoms with van der Waals surface area (Å²) in [5.41, 5.74) is 27.3. The highest BCUT2D eigenvalue weighted by Gasteiger charge is 2.30. The van der Waals surface area contributed by atoms with Gasteiger partial charge in [-0.3, -0.25) is 0 Å². The molecule has 40 heteroatoms. The number of nitrogens with two attached hydrogens (primary N) is 1. The average molecular weight is 1830 g/mol. The number of nitrogens with zero attached hydrogens (tertiary/aromatic N) is 8. The Labute approximate surface area is 727 Å². The van der Waals surface area contributed by atoms with E-state index in [1.807, 2.05) is 52.2 Å². The molecular formula is C79H126Cl5N9O24S2. The number of hydrogen-bond donors (Lipinski definition) is 1. The second-order valence-electron chi connectivity index (χ2n) is 25.8. The third kappa shape index (κ3) is 55.1. The fourth-order valence-electron chi connectivity index (χ4n) is 11.1. The van der Waals surface area contributed by atoms with Gasteiger partial charge >= 0.3 is 0 Å². The maximum Gasteiger partial charge on any atom is 0.261 e. The minimum Gasteiger partial charge on any atom is -0.379 e. The number of ether oxygens (including phenoxy) is 20. The van der Waals surface area contributed by atoms with E-state index >= 15 is 0 Å². The topological polar surface area (TPSA) is 383 Å². The second kappa shape index (κ2) is 73.2. The van der Waals surface area contributed by atoms with Gasteiger partial charge in [-0.1, -0.05) is 80.9 Å². The molecule has 2 aliphatic heterocycles. The fraction of sp³-hybridized carbons (Fsp3) is 0.696. The lowest BCUT2D eigenvalue weighted by molar-refractivity contribution is -0.0262. The van der Waals surface area contributed by atoms with E-state index in [0.717, 1.165) is 59.6 Å². The van der Waals surface area contributed by atoms with Crippen LogP contribution in [0.4, 0.5) is 0 Å². The van der Waals surface area contributed by atoms with Gasteiger partial charge in [0, 0.05) is 118 Å². The van der Waals surface area contributed by atoms with Crippen molar-refractivity contribution in [3.63, 3.8) is 0 Å². The maximum absolute atomic E-state index is 13.1. The quantitative estimate of drug-likeness (QED) is 0.0141. The van der Waals surface area contributed by atoms with Crippen LogP contribution in [-0.2, 0) is 127 Å². The summed E-state index contributed by atoms with van der Waals surface area (Å²) in [5, 5.41) is 9.10. The van der Waals surface area contributed by atoms with Crippen molar-refractivity contribution in [2.45, 2.75) is 55.0 Å². The Bertz CT molecular complexity index is 3560. The second-order valence-corrected chi connectivity index (χ2v) is 32.1. The molecular weight excluding hydrogens is 1700 g/mol. The Morgan fingerprint density at radius 3 is 0.941 bits per heavy atom. The van der Waals surface area contributed by atoms with E-state index in [9.17, 15) is 16.8 Å². The predicted molar refractivity (Wildman–Crippen MR) is 457 cm³/mol. The molecule has 2 aliphatic rings. The summed E-state index contributed by atoms with van der Waals surface area (Å²) in [6.07, 6.45) is 0.392. The molecule has 2 N–H and O–H groups in total. The monoisotopic (exact) mass is 1820 g/mol. The molecule has 2 unspecified atom stereocenters. The van der Waals surface area contributed by atoms with Gasteiger partial charge < -0.3 is 110 Å². The first-order valence-corrected chi connectivity index (χ1v) is 45.3. The minimum atomic E-state index is -3.76. The van der Waals surface area contributed by atoms with Crippen molar-refractivity contribution in [2.75, 3.05) is 317 Å². The van der Waals surface area contributed by atoms with Gasteiger partial charge in [-0.2, -0.15) is 0 Å². The molecule has 0 aliphatic carbocycles. The fourth-order valence-corrected chi connectivity index (χ4v) is 14.3. The summed E-state index contributed by atoms with van der Waals surface area (Å²) in [6, 6.07) is 21.2. The summed E-state index contributed by atoms with van der Waals surface area (Å²) in [4.78, 5) is 9.97. The number of hydrogen-bond acceptors (Lipinski definition) is 29. The van der Waals surface area contributed by atoms with Gasteiger partial charge in [-0.25, -0.2) is 16.8 Å². The number of fused-ring (bicyclic) bond motifs is 2. The van der Waals surface area contributed by atoms with Gasteiger partial charge in [0.2, 0.25) is 0 Å². The van der Waals surface area contributed by atoms with Crippen LogP contribution in [0.15, 0.2) is 92.8 Å². The minimum absolute atomic E-state index is 0.00152. The van der Waals surface area contributed by atoms with Crippen LogP contribution in [0.5, 0.6) is 0 Å². The summed E-state index contributed by atoms with van der Waals surface area (Å²) in [6.45, 7) is 28.6. The van der Waals surface area contributed by atoms with E-state index in [1.54, 1.807) is 42.5 Å². The van der Waals surface area contributed by atoms with Crippen molar-refractivity contribution < 1.29 is 112 Å². The number of sulfone groups is 1. The Morgan fingerprint density at radius 2 is 0.655 bits per heavy atom. The normalized spacial score (nSPS) is 14.1. The van der Waals surface area contributed by atoms with Crippen molar-refractivity contribution in [3.8, 4) is 0 Å². The van der Waals surface area contributed by atoms with Crippen molar-refractivity contribution >= 4 is 76.0 Å². The molecule has 4 aromatic rings. The smallest absolute Gasteiger partial charge is 0.261 e. The lowest BCUT2D eigenvalue weighted by Gasteiger charge is -2.33. The summed E-state index contributed by atoms with van der Waals surface area (Å²) in [7, 11) is 2.26. The Hall–Kier alpha value is -4.07. The van der Waals surface area contributed by atoms with Gasteiger partial charge in [-0.05, 0) is 127 Å². The van der Waals surface area contributed by atoms with Crippen LogP contribution in [-0.4, -0.2) is 343 Å². The maximum atomic E-state index is 13.1. The first kappa shape index (κ1) is 109. The van der Waals surface area contributed by atoms with Crippen molar-refractivity contribution in [1.82, 2.24) is 9.80 Å². The molecule has 33 nitrogen and oxygen atoms in total. The van der Waals surface area contributed by atoms with E-state index in [2.05, 4.69) is 29.9 Å². The number of benzene rings is 4. The van der Waals surface area contributed by atoms with Gasteiger partial charge in [-0.15, -0.1) is 0 Å². The lowest BCUT2D eigenvalue weighted by Crippen LogP contribution is -2.31. The Kier molecular flexibility index (Phi) is 67.1. The Morgan fingerprint density at radius 1 is 0.387 bits per heavy atom. The molecule has 2 atom stereocenters. The molecule has 0 spiro atoms. The lowest BCUT2D eigenvalue weighted by atomic mass is 9.85. The van der Waals surface area contributed by atoms with Gasteiger partial charge in [0.05, 0.1) is 260 Å². The van der Waals surface area contributed by atoms with Crippen molar-refractivity contribution in [2.24, 2.45) is 16.0 Å². The standard InChI is InChI=1S/C33H49Cl2NO9S.C22H46N4O10.C16H14Cl3NO2S.C8H17N3O3/c1-3-39-9-10-41-13-14-43-17-18-45-20-19-44-16-15-42-12-11-40-8-5-21-46(37,38)29-7-4-6-27(22-29)31-25-36(2)26-32-30(31)23-28(34)24-33(32)35;23-1-3-27-5-7-29-9-11-31-13-15-33-17-19-35-21-22-36-20-18-34-16-14-32-12-10-30-8-6-28-4-2-25-26-24;1-20-8-14(10-3-2-4-12(5-10)23(19,21)22)13-6-11(17)7-16(18)15(13)9-20;1-2-12-5-6-14-8-7-13-4-3-10-11-9/h4,6-7,22-24,31H,3,5,8-21,25-26H2,1-2H3;1-23H2;2-7,14H,8-9H2,1H3;2-8H2,1H3. The molecule has 678 valence electrons. The van der Waals surface area contributed by atoms with E-state index in [0.29, 0.717) is 315 Å². The van der Waals surface area contributed by atoms with Gasteiger partial charge in [0.25, 0.3) is 9.05 Å². The zero-order valence-corrected chi connectivity index (χ0v) is 74.8. The average Bonchev–Trinajstić information content (AvgIpc) is 0.780. The molecule has 0 amide bonds. The number of rotatable bonds is 69. The van der Waals surface area contributed by atoms with E-state index in [-0.39, 0.29) is 22.5 Å². The zero-order chi connectivity index (χ0) is 86.3. The van der Waals surface area contributed by atoms with Crippen LogP contribution < -0.4 is 5.73 Å². The molecule has 2 heterocycles. The highest BCUT2D eigenvalue weighted by Crippen LogP contribution is 2.41. The first-order chi connectivity index (χ1) is 57.9. The summed E-state index contributed by atoms with van der Waals surface area (Å²) >= 11 is 25.3. The zero-order valence-electron chi connectivity index (χ0n) is 69.4. The van der Waals surface area contributed by atoms with Crippen LogP contribution in [0.2, 0.25) is 20.1 Å². The molecule has 0 bridgehead atoms. The highest BCUT2D eigenvalue weighted by atomic mass is 35.7. The largest absolute Gasteiger partial charge is 0.379 e. The molecule has 6 rings (SSSR count). The molecule has 0 aromatic heterocycles. The van der Waals surface area contributed by atoms with E-state index in [4.69, 9.17) is 169 Å². The van der Waals surface area contributed by atoms with Gasteiger partial charge in [0.15, 0.2) is 9.84 Å². The van der Waals surface area contributed by atoms with E-state index < -0.39 is 18.9 Å². The number of halogens is 5. The number of azide groups is 2. The molecule has 0 saturated carbocycles. The van der Waals surface area contributed by atoms with Crippen LogP contribution >= 0.6 is 57.1 Å². The van der Waals surface area contributed by atoms with Crippen LogP contribution in [0, 0.1) is 0 Å². The van der Waals surface area contributed by atoms with Crippen molar-refractivity contribution in [3.05, 3.63) is 147 Å². The molecule has 0 saturated heterocycles. The summed E-state index contributed by atoms with van der Waals surface area (Å²) in [5.74, 6) is -0.0418. The third-order valence-corrected chi connectivity index (χ3v) is 20.9. The number of likely N-dealkylation sites (N-methyl/N-ethyl adjacent to an activating group) is 2. The SMILES string of the molecule is CCOCCOCCOCCN=[N+]=[N-].CCOCCOCCOCCOCCOCCOCCOCCCS(=O)(=O)c1cccc(C2CN(C)Cc3c(Cl)cc(Cl)cc32)c1.CN1Cc2c(Cl)cc(Cl)cc2C(c2cccc(S(=O)(=O)Cl)c2)C1.[N-]=[N+]=NCCOCCOCCOCCOCCOCCOCCOCCOCCOCCOCCN. The van der Waals surface area contributed by atoms with E-state index in [1.165, 1.54) is 6.07 Å². The van der Waals surface area contributed by atoms with Crippen LogP contribution in [0.3, 0.4) is 0 Å². The first-order valence-electron chi connectivity index (χ1n) is 39.9. The third-order valence-electron chi connectivity index (χ3n) is 16.6. The predicted octanol–water partition coefficient (Wildman–Crippen LogP) is 11.2. The Balaban J connectivity index is 0.000000443. The van der Waals surface area contributed by atoms with Crippen LogP contribution in [0.1, 0.15) is 65.5 Å². The highest BCUT2D eigenvalue weighted by molar-refractivity contribution is 8.13. The molecule has 4 aromatic carbocycles. The molecule has 0 radical (unpaired) electrons. The summed E-state index contributed by atoms with van der Waals surface area (Å²) < 4.78 is 156.